The number of imide groups is 1. The Balaban J connectivity index is 1.78. The van der Waals surface area contributed by atoms with Gasteiger partial charge < -0.3 is 5.32 Å². The predicted octanol–water partition coefficient (Wildman–Crippen LogP) is 1.94. The summed E-state index contributed by atoms with van der Waals surface area (Å²) in [5.41, 5.74) is 2.15. The van der Waals surface area contributed by atoms with E-state index >= 15 is 0 Å². The standard InChI is InChI=1S/C18H14N4O3/c23-15(10-13-17(24)21-18(25)20-13)22-14-9-5-4-8-12(14)19-16(22)11-6-2-1-3-7-11/h1-9,13H,10H2,(H2,20,21,24,25). The number of urea groups is 1. The number of carbonyl (C=O) groups is 3. The number of benzene rings is 2. The number of fused-ring (bicyclic) bond motifs is 1. The Bertz CT molecular complexity index is 994. The van der Waals surface area contributed by atoms with Gasteiger partial charge in [0.2, 0.25) is 5.91 Å². The highest BCUT2D eigenvalue weighted by molar-refractivity contribution is 6.06. The summed E-state index contributed by atoms with van der Waals surface area (Å²) < 4.78 is 1.50. The molecule has 4 rings (SSSR count). The number of nitrogens with one attached hydrogen (secondary N) is 2. The second-order valence-electron chi connectivity index (χ2n) is 5.74. The Hall–Kier alpha value is -3.48. The van der Waals surface area contributed by atoms with Crippen LogP contribution in [0.15, 0.2) is 54.6 Å². The van der Waals surface area contributed by atoms with Gasteiger partial charge in [-0.05, 0) is 12.1 Å². The Labute approximate surface area is 142 Å². The summed E-state index contributed by atoms with van der Waals surface area (Å²) >= 11 is 0. The second kappa shape index (κ2) is 5.86. The number of hydrogen-bond donors (Lipinski definition) is 2. The van der Waals surface area contributed by atoms with Crippen LogP contribution in [-0.2, 0) is 4.79 Å². The highest BCUT2D eigenvalue weighted by Gasteiger charge is 2.32. The number of aromatic nitrogens is 2. The molecule has 1 aromatic heterocycles. The fourth-order valence-electron chi connectivity index (χ4n) is 2.93. The van der Waals surface area contributed by atoms with Crippen LogP contribution in [-0.4, -0.2) is 33.4 Å². The van der Waals surface area contributed by atoms with Crippen molar-refractivity contribution in [2.45, 2.75) is 12.5 Å². The van der Waals surface area contributed by atoms with Crippen molar-refractivity contribution in [3.63, 3.8) is 0 Å². The van der Waals surface area contributed by atoms with Crippen molar-refractivity contribution < 1.29 is 14.4 Å². The molecule has 7 heteroatoms. The predicted molar refractivity (Wildman–Crippen MR) is 90.9 cm³/mol. The van der Waals surface area contributed by atoms with Crippen LogP contribution in [0.5, 0.6) is 0 Å². The fourth-order valence-corrected chi connectivity index (χ4v) is 2.93. The molecule has 0 bridgehead atoms. The molecule has 2 aromatic carbocycles. The number of hydrogen-bond acceptors (Lipinski definition) is 4. The van der Waals surface area contributed by atoms with Crippen molar-refractivity contribution in [3.8, 4) is 11.4 Å². The molecule has 2 N–H and O–H groups in total. The summed E-state index contributed by atoms with van der Waals surface area (Å²) in [4.78, 5) is 40.5. The molecule has 1 saturated heterocycles. The van der Waals surface area contributed by atoms with Gasteiger partial charge in [0.1, 0.15) is 11.9 Å². The normalized spacial score (nSPS) is 16.7. The average molecular weight is 334 g/mol. The van der Waals surface area contributed by atoms with Crippen LogP contribution < -0.4 is 10.6 Å². The highest BCUT2D eigenvalue weighted by Crippen LogP contribution is 2.25. The molecule has 0 radical (unpaired) electrons. The van der Waals surface area contributed by atoms with Crippen LogP contribution in [0.2, 0.25) is 0 Å². The molecule has 124 valence electrons. The summed E-state index contributed by atoms with van der Waals surface area (Å²) in [7, 11) is 0. The van der Waals surface area contributed by atoms with Crippen molar-refractivity contribution in [1.29, 1.82) is 0 Å². The van der Waals surface area contributed by atoms with E-state index in [-0.39, 0.29) is 12.3 Å². The molecule has 0 saturated carbocycles. The van der Waals surface area contributed by atoms with Crippen molar-refractivity contribution in [1.82, 2.24) is 20.2 Å². The molecular formula is C18H14N4O3. The molecular weight excluding hydrogens is 320 g/mol. The first kappa shape index (κ1) is 15.1. The van der Waals surface area contributed by atoms with Crippen LogP contribution in [0.1, 0.15) is 11.2 Å². The minimum absolute atomic E-state index is 0.141. The Kier molecular flexibility index (Phi) is 3.53. The molecule has 1 aliphatic rings. The van der Waals surface area contributed by atoms with E-state index in [9.17, 15) is 14.4 Å². The number of para-hydroxylation sites is 2. The lowest BCUT2D eigenvalue weighted by atomic mass is 10.1. The van der Waals surface area contributed by atoms with Gasteiger partial charge in [-0.1, -0.05) is 42.5 Å². The Morgan fingerprint density at radius 3 is 2.48 bits per heavy atom. The minimum Gasteiger partial charge on any atom is -0.325 e. The van der Waals surface area contributed by atoms with Gasteiger partial charge in [-0.3, -0.25) is 19.5 Å². The summed E-state index contributed by atoms with van der Waals surface area (Å²) in [6.07, 6.45) is -0.141. The molecule has 3 aromatic rings. The number of nitrogens with zero attached hydrogens (tertiary/aromatic N) is 2. The van der Waals surface area contributed by atoms with Crippen LogP contribution in [0.3, 0.4) is 0 Å². The lowest BCUT2D eigenvalue weighted by Crippen LogP contribution is -2.33. The minimum atomic E-state index is -0.871. The van der Waals surface area contributed by atoms with Crippen LogP contribution in [0.25, 0.3) is 22.4 Å². The van der Waals surface area contributed by atoms with Crippen molar-refractivity contribution >= 4 is 28.9 Å². The van der Waals surface area contributed by atoms with Crippen LogP contribution in [0, 0.1) is 0 Å². The van der Waals surface area contributed by atoms with E-state index in [1.54, 1.807) is 6.07 Å². The number of carbonyl (C=O) groups excluding carboxylic acids is 3. The maximum absolute atomic E-state index is 12.9. The quantitative estimate of drug-likeness (QED) is 0.716. The molecule has 1 atom stereocenters. The monoisotopic (exact) mass is 334 g/mol. The maximum Gasteiger partial charge on any atom is 0.322 e. The van der Waals surface area contributed by atoms with Crippen LogP contribution >= 0.6 is 0 Å². The fraction of sp³-hybridized carbons (Fsp3) is 0.111. The number of amides is 3. The second-order valence-corrected chi connectivity index (χ2v) is 5.74. The van der Waals surface area contributed by atoms with Gasteiger partial charge in [-0.25, -0.2) is 9.78 Å². The SMILES string of the molecule is O=C1NC(=O)C(CC(=O)n2c(-c3ccccc3)nc3ccccc32)N1. The molecule has 25 heavy (non-hydrogen) atoms. The molecule has 7 nitrogen and oxygen atoms in total. The smallest absolute Gasteiger partial charge is 0.322 e. The zero-order valence-electron chi connectivity index (χ0n) is 13.1. The van der Waals surface area contributed by atoms with Gasteiger partial charge in [-0.2, -0.15) is 0 Å². The number of imidazole rings is 1. The van der Waals surface area contributed by atoms with Gasteiger partial charge in [0.05, 0.1) is 17.5 Å². The van der Waals surface area contributed by atoms with Gasteiger partial charge in [0.25, 0.3) is 5.91 Å². The van der Waals surface area contributed by atoms with Gasteiger partial charge in [-0.15, -0.1) is 0 Å². The first-order valence-corrected chi connectivity index (χ1v) is 7.81. The first-order chi connectivity index (χ1) is 12.1. The van der Waals surface area contributed by atoms with E-state index in [4.69, 9.17) is 0 Å². The molecule has 3 amide bonds. The van der Waals surface area contributed by atoms with E-state index in [2.05, 4.69) is 15.6 Å². The zero-order valence-corrected chi connectivity index (χ0v) is 13.1. The molecule has 1 fully saturated rings. The van der Waals surface area contributed by atoms with E-state index in [0.29, 0.717) is 16.9 Å². The topological polar surface area (TPSA) is 93.1 Å². The first-order valence-electron chi connectivity index (χ1n) is 7.81. The molecule has 1 aliphatic heterocycles. The average Bonchev–Trinajstić information content (AvgIpc) is 3.15. The maximum atomic E-state index is 12.9. The third kappa shape index (κ3) is 2.65. The summed E-state index contributed by atoms with van der Waals surface area (Å²) in [5, 5.41) is 4.58. The molecule has 0 aliphatic carbocycles. The Morgan fingerprint density at radius 1 is 1.04 bits per heavy atom. The largest absolute Gasteiger partial charge is 0.325 e. The van der Waals surface area contributed by atoms with E-state index < -0.39 is 18.0 Å². The van der Waals surface area contributed by atoms with Crippen molar-refractivity contribution in [2.75, 3.05) is 0 Å². The summed E-state index contributed by atoms with van der Waals surface area (Å²) in [6.45, 7) is 0. The third-order valence-corrected chi connectivity index (χ3v) is 4.08. The summed E-state index contributed by atoms with van der Waals surface area (Å²) in [6, 6.07) is 15.2. The molecule has 1 unspecified atom stereocenters. The van der Waals surface area contributed by atoms with Crippen LogP contribution in [0.4, 0.5) is 4.79 Å². The molecule has 2 heterocycles. The van der Waals surface area contributed by atoms with Crippen molar-refractivity contribution in [3.05, 3.63) is 54.6 Å². The lowest BCUT2D eigenvalue weighted by molar-refractivity contribution is -0.120. The van der Waals surface area contributed by atoms with E-state index in [1.165, 1.54) is 4.57 Å². The zero-order chi connectivity index (χ0) is 17.4. The van der Waals surface area contributed by atoms with Crippen molar-refractivity contribution in [2.24, 2.45) is 0 Å². The molecule has 0 spiro atoms. The van der Waals surface area contributed by atoms with E-state index in [0.717, 1.165) is 5.56 Å². The summed E-state index contributed by atoms with van der Waals surface area (Å²) in [5.74, 6) is -0.296. The van der Waals surface area contributed by atoms with Gasteiger partial charge in [0, 0.05) is 5.56 Å². The lowest BCUT2D eigenvalue weighted by Gasteiger charge is -2.10. The highest BCUT2D eigenvalue weighted by atomic mass is 16.2. The Morgan fingerprint density at radius 2 is 1.76 bits per heavy atom. The third-order valence-electron chi connectivity index (χ3n) is 4.08. The number of rotatable bonds is 3. The van der Waals surface area contributed by atoms with Gasteiger partial charge >= 0.3 is 6.03 Å². The van der Waals surface area contributed by atoms with E-state index in [1.807, 2.05) is 48.5 Å². The van der Waals surface area contributed by atoms with Gasteiger partial charge in [0.15, 0.2) is 0 Å².